The van der Waals surface area contributed by atoms with Crippen LogP contribution in [0.3, 0.4) is 0 Å². The number of rotatable bonds is 3. The van der Waals surface area contributed by atoms with Gasteiger partial charge in [0, 0.05) is 17.7 Å². The molecule has 1 aromatic heterocycles. The SMILES string of the molecule is Cc1ccccc1-c1cc[n+](C)c(-c2cc(-c3ccccc3)c(C)cc2C)c1. The van der Waals surface area contributed by atoms with Gasteiger partial charge < -0.3 is 0 Å². The van der Waals surface area contributed by atoms with Crippen LogP contribution in [0.25, 0.3) is 33.5 Å². The number of benzene rings is 3. The van der Waals surface area contributed by atoms with E-state index < -0.39 is 0 Å². The Morgan fingerprint density at radius 1 is 0.536 bits per heavy atom. The summed E-state index contributed by atoms with van der Waals surface area (Å²) >= 11 is 0. The molecule has 0 N–H and O–H groups in total. The van der Waals surface area contributed by atoms with Crippen molar-refractivity contribution in [2.45, 2.75) is 20.8 Å². The van der Waals surface area contributed by atoms with E-state index in [0.29, 0.717) is 0 Å². The van der Waals surface area contributed by atoms with Crippen LogP contribution in [0.4, 0.5) is 0 Å². The lowest BCUT2D eigenvalue weighted by Gasteiger charge is -2.13. The van der Waals surface area contributed by atoms with Gasteiger partial charge in [0.15, 0.2) is 6.20 Å². The molecule has 0 aliphatic heterocycles. The molecule has 0 atom stereocenters. The minimum absolute atomic E-state index is 1.23. The van der Waals surface area contributed by atoms with Crippen molar-refractivity contribution in [2.75, 3.05) is 0 Å². The lowest BCUT2D eigenvalue weighted by atomic mass is 9.92. The third kappa shape index (κ3) is 3.36. The van der Waals surface area contributed by atoms with Crippen LogP contribution >= 0.6 is 0 Å². The van der Waals surface area contributed by atoms with Crippen LogP contribution in [-0.2, 0) is 7.05 Å². The summed E-state index contributed by atoms with van der Waals surface area (Å²) in [5, 5.41) is 0. The highest BCUT2D eigenvalue weighted by Gasteiger charge is 2.17. The Hall–Kier alpha value is -3.19. The van der Waals surface area contributed by atoms with Crippen LogP contribution in [0.1, 0.15) is 16.7 Å². The van der Waals surface area contributed by atoms with Crippen molar-refractivity contribution < 1.29 is 4.57 Å². The van der Waals surface area contributed by atoms with Gasteiger partial charge in [-0.25, -0.2) is 4.57 Å². The van der Waals surface area contributed by atoms with Gasteiger partial charge in [0.05, 0.1) is 0 Å². The second-order valence-electron chi connectivity index (χ2n) is 7.57. The molecule has 0 saturated carbocycles. The zero-order valence-corrected chi connectivity index (χ0v) is 17.0. The second-order valence-corrected chi connectivity index (χ2v) is 7.57. The molecule has 0 radical (unpaired) electrons. The zero-order valence-electron chi connectivity index (χ0n) is 17.0. The summed E-state index contributed by atoms with van der Waals surface area (Å²) in [6.45, 7) is 6.58. The van der Waals surface area contributed by atoms with Crippen molar-refractivity contribution in [3.8, 4) is 33.5 Å². The molecule has 0 unspecified atom stereocenters. The molecule has 0 aliphatic rings. The van der Waals surface area contributed by atoms with E-state index in [-0.39, 0.29) is 0 Å². The number of nitrogens with zero attached hydrogens (tertiary/aromatic N) is 1. The van der Waals surface area contributed by atoms with E-state index in [9.17, 15) is 0 Å². The third-order valence-corrected chi connectivity index (χ3v) is 5.54. The molecule has 0 bridgehead atoms. The summed E-state index contributed by atoms with van der Waals surface area (Å²) in [5.74, 6) is 0. The normalized spacial score (nSPS) is 10.9. The Morgan fingerprint density at radius 2 is 1.21 bits per heavy atom. The lowest BCUT2D eigenvalue weighted by Crippen LogP contribution is -2.30. The maximum Gasteiger partial charge on any atom is 0.213 e. The Kier molecular flexibility index (Phi) is 4.83. The number of hydrogen-bond acceptors (Lipinski definition) is 0. The predicted molar refractivity (Wildman–Crippen MR) is 118 cm³/mol. The first-order valence-electron chi connectivity index (χ1n) is 9.77. The summed E-state index contributed by atoms with van der Waals surface area (Å²) in [7, 11) is 2.12. The fourth-order valence-electron chi connectivity index (χ4n) is 3.96. The van der Waals surface area contributed by atoms with Crippen LogP contribution in [-0.4, -0.2) is 0 Å². The van der Waals surface area contributed by atoms with Gasteiger partial charge >= 0.3 is 0 Å². The fraction of sp³-hybridized carbons (Fsp3) is 0.148. The highest BCUT2D eigenvalue weighted by molar-refractivity contribution is 5.78. The van der Waals surface area contributed by atoms with E-state index in [1.54, 1.807) is 0 Å². The van der Waals surface area contributed by atoms with E-state index in [1.165, 1.54) is 50.2 Å². The van der Waals surface area contributed by atoms with E-state index >= 15 is 0 Å². The van der Waals surface area contributed by atoms with Gasteiger partial charge in [0.2, 0.25) is 5.69 Å². The van der Waals surface area contributed by atoms with Crippen molar-refractivity contribution >= 4 is 0 Å². The fourth-order valence-corrected chi connectivity index (χ4v) is 3.96. The first-order valence-corrected chi connectivity index (χ1v) is 9.77. The summed E-state index contributed by atoms with van der Waals surface area (Å²) in [5.41, 5.74) is 11.5. The lowest BCUT2D eigenvalue weighted by molar-refractivity contribution is -0.660. The molecule has 138 valence electrons. The Morgan fingerprint density at radius 3 is 1.96 bits per heavy atom. The molecular formula is C27H26N+. The van der Waals surface area contributed by atoms with Crippen LogP contribution in [0.2, 0.25) is 0 Å². The largest absolute Gasteiger partial charge is 0.213 e. The molecule has 4 aromatic rings. The molecule has 1 heterocycles. The van der Waals surface area contributed by atoms with Crippen LogP contribution < -0.4 is 4.57 Å². The molecule has 0 spiro atoms. The summed E-state index contributed by atoms with van der Waals surface area (Å²) in [6.07, 6.45) is 2.17. The summed E-state index contributed by atoms with van der Waals surface area (Å²) in [6, 6.07) is 28.4. The average molecular weight is 365 g/mol. The standard InChI is InChI=1S/C27H26N/c1-19-10-8-9-13-24(19)23-14-15-28(4)27(17-23)26-18-25(20(2)16-21(26)3)22-11-6-5-7-12-22/h5-18H,1-4H3/q+1. The number of aryl methyl sites for hydroxylation is 4. The van der Waals surface area contributed by atoms with Gasteiger partial charge in [-0.15, -0.1) is 0 Å². The van der Waals surface area contributed by atoms with Crippen LogP contribution in [0.5, 0.6) is 0 Å². The van der Waals surface area contributed by atoms with Crippen molar-refractivity contribution in [1.29, 1.82) is 0 Å². The molecule has 1 nitrogen and oxygen atoms in total. The Bertz CT molecular complexity index is 1140. The van der Waals surface area contributed by atoms with E-state index in [4.69, 9.17) is 0 Å². The maximum absolute atomic E-state index is 2.34. The smallest absolute Gasteiger partial charge is 0.201 e. The molecular weight excluding hydrogens is 338 g/mol. The van der Waals surface area contributed by atoms with Crippen LogP contribution in [0, 0.1) is 20.8 Å². The maximum atomic E-state index is 2.34. The number of hydrogen-bond donors (Lipinski definition) is 0. The highest BCUT2D eigenvalue weighted by Crippen LogP contribution is 2.32. The third-order valence-electron chi connectivity index (χ3n) is 5.54. The van der Waals surface area contributed by atoms with Gasteiger partial charge in [-0.1, -0.05) is 60.7 Å². The number of pyridine rings is 1. The van der Waals surface area contributed by atoms with Crippen molar-refractivity contribution in [2.24, 2.45) is 7.05 Å². The molecule has 0 fully saturated rings. The topological polar surface area (TPSA) is 3.88 Å². The Labute approximate surface area is 167 Å². The van der Waals surface area contributed by atoms with Gasteiger partial charge in [0.1, 0.15) is 7.05 Å². The summed E-state index contributed by atoms with van der Waals surface area (Å²) < 4.78 is 2.22. The van der Waals surface area contributed by atoms with Crippen molar-refractivity contribution in [1.82, 2.24) is 0 Å². The van der Waals surface area contributed by atoms with Gasteiger partial charge in [-0.05, 0) is 65.8 Å². The Balaban J connectivity index is 1.90. The molecule has 0 aliphatic carbocycles. The first kappa shape index (κ1) is 18.2. The molecule has 4 rings (SSSR count). The minimum Gasteiger partial charge on any atom is -0.201 e. The van der Waals surface area contributed by atoms with E-state index in [0.717, 1.165) is 0 Å². The zero-order chi connectivity index (χ0) is 19.7. The second kappa shape index (κ2) is 7.44. The molecule has 0 amide bonds. The first-order chi connectivity index (χ1) is 13.5. The molecule has 1 heteroatoms. The van der Waals surface area contributed by atoms with Gasteiger partial charge in [-0.3, -0.25) is 0 Å². The van der Waals surface area contributed by atoms with E-state index in [2.05, 4.69) is 117 Å². The van der Waals surface area contributed by atoms with Crippen LogP contribution in [0.15, 0.2) is 85.1 Å². The van der Waals surface area contributed by atoms with E-state index in [1.807, 2.05) is 0 Å². The van der Waals surface area contributed by atoms with Gasteiger partial charge in [-0.2, -0.15) is 0 Å². The molecule has 28 heavy (non-hydrogen) atoms. The highest BCUT2D eigenvalue weighted by atomic mass is 14.9. The van der Waals surface area contributed by atoms with Crippen molar-refractivity contribution in [3.05, 3.63) is 102 Å². The minimum atomic E-state index is 1.23. The molecule has 3 aromatic carbocycles. The predicted octanol–water partition coefficient (Wildman–Crippen LogP) is 6.44. The monoisotopic (exact) mass is 364 g/mol. The molecule has 0 saturated heterocycles. The van der Waals surface area contributed by atoms with Gasteiger partial charge in [0.25, 0.3) is 0 Å². The number of aromatic nitrogens is 1. The quantitative estimate of drug-likeness (QED) is 0.368. The summed E-state index contributed by atoms with van der Waals surface area (Å²) in [4.78, 5) is 0. The average Bonchev–Trinajstić information content (AvgIpc) is 2.70. The van der Waals surface area contributed by atoms with Crippen molar-refractivity contribution in [3.63, 3.8) is 0 Å².